The lowest BCUT2D eigenvalue weighted by Gasteiger charge is -2.35. The highest BCUT2D eigenvalue weighted by molar-refractivity contribution is 5.76. The van der Waals surface area contributed by atoms with Crippen LogP contribution in [0.4, 0.5) is 4.39 Å². The fourth-order valence-corrected chi connectivity index (χ4v) is 3.30. The Kier molecular flexibility index (Phi) is 6.58. The Morgan fingerprint density at radius 1 is 1.26 bits per heavy atom. The highest BCUT2D eigenvalue weighted by atomic mass is 19.1. The molecule has 2 heterocycles. The average molecular weight is 375 g/mol. The molecule has 7 heteroatoms. The van der Waals surface area contributed by atoms with Crippen molar-refractivity contribution in [3.8, 4) is 11.3 Å². The first kappa shape index (κ1) is 19.5. The second-order valence-electron chi connectivity index (χ2n) is 6.99. The molecule has 0 aliphatic carbocycles. The molecule has 146 valence electrons. The third-order valence-electron chi connectivity index (χ3n) is 4.49. The number of hydrogen-bond acceptors (Lipinski definition) is 5. The van der Waals surface area contributed by atoms with Crippen LogP contribution >= 0.6 is 0 Å². The van der Waals surface area contributed by atoms with E-state index in [4.69, 9.17) is 9.15 Å². The van der Waals surface area contributed by atoms with Gasteiger partial charge in [-0.15, -0.1) is 0 Å². The molecule has 1 fully saturated rings. The molecule has 1 aliphatic rings. The molecule has 1 aromatic heterocycles. The number of halogens is 1. The van der Waals surface area contributed by atoms with Crippen LogP contribution in [0.25, 0.3) is 11.3 Å². The lowest BCUT2D eigenvalue weighted by molar-refractivity contribution is -0.121. The smallest absolute Gasteiger partial charge is 0.220 e. The van der Waals surface area contributed by atoms with Gasteiger partial charge in [-0.2, -0.15) is 0 Å². The molecule has 3 rings (SSSR count). The molecule has 1 amide bonds. The van der Waals surface area contributed by atoms with Crippen molar-refractivity contribution in [1.29, 1.82) is 0 Å². The monoisotopic (exact) mass is 375 g/mol. The molecule has 1 aliphatic heterocycles. The molecular formula is C20H26FN3O3. The highest BCUT2D eigenvalue weighted by Gasteiger charge is 2.21. The van der Waals surface area contributed by atoms with Gasteiger partial charge in [0.05, 0.1) is 18.4 Å². The summed E-state index contributed by atoms with van der Waals surface area (Å²) in [6.07, 6.45) is 2.80. The van der Waals surface area contributed by atoms with Crippen LogP contribution in [0.15, 0.2) is 34.9 Å². The zero-order valence-electron chi connectivity index (χ0n) is 15.8. The first-order valence-electron chi connectivity index (χ1n) is 9.35. The fourth-order valence-electron chi connectivity index (χ4n) is 3.30. The van der Waals surface area contributed by atoms with Gasteiger partial charge in [0.1, 0.15) is 5.82 Å². The molecule has 0 radical (unpaired) electrons. The van der Waals surface area contributed by atoms with Crippen LogP contribution in [0.2, 0.25) is 0 Å². The standard InChI is InChI=1S/C20H26FN3O3/c1-14-12-24(13-15(2)26-14)10-9-22-19(25)7-8-20-23-11-18(27-20)16-3-5-17(21)6-4-16/h3-6,11,14-15H,7-10,12-13H2,1-2H3,(H,22,25). The highest BCUT2D eigenvalue weighted by Crippen LogP contribution is 2.21. The van der Waals surface area contributed by atoms with E-state index in [-0.39, 0.29) is 23.9 Å². The summed E-state index contributed by atoms with van der Waals surface area (Å²) in [6, 6.07) is 6.03. The van der Waals surface area contributed by atoms with Crippen LogP contribution in [-0.2, 0) is 16.0 Å². The van der Waals surface area contributed by atoms with E-state index in [0.29, 0.717) is 31.0 Å². The van der Waals surface area contributed by atoms with Gasteiger partial charge < -0.3 is 14.5 Å². The van der Waals surface area contributed by atoms with E-state index in [1.54, 1.807) is 18.3 Å². The molecule has 0 spiro atoms. The predicted molar refractivity (Wildman–Crippen MR) is 99.7 cm³/mol. The number of carbonyl (C=O) groups is 1. The molecule has 0 saturated carbocycles. The number of amides is 1. The Balaban J connectivity index is 1.39. The Labute approximate surface area is 158 Å². The van der Waals surface area contributed by atoms with Gasteiger partial charge in [-0.3, -0.25) is 9.69 Å². The maximum Gasteiger partial charge on any atom is 0.220 e. The number of oxazole rings is 1. The minimum atomic E-state index is -0.295. The van der Waals surface area contributed by atoms with Crippen molar-refractivity contribution in [2.45, 2.75) is 38.9 Å². The molecule has 2 unspecified atom stereocenters. The van der Waals surface area contributed by atoms with E-state index in [1.807, 2.05) is 0 Å². The average Bonchev–Trinajstić information content (AvgIpc) is 3.09. The molecule has 2 aromatic rings. The second-order valence-corrected chi connectivity index (χ2v) is 6.99. The summed E-state index contributed by atoms with van der Waals surface area (Å²) in [4.78, 5) is 18.5. The normalized spacial score (nSPS) is 20.6. The third-order valence-corrected chi connectivity index (χ3v) is 4.49. The van der Waals surface area contributed by atoms with E-state index in [1.165, 1.54) is 12.1 Å². The van der Waals surface area contributed by atoms with Crippen molar-refractivity contribution in [2.24, 2.45) is 0 Å². The summed E-state index contributed by atoms with van der Waals surface area (Å²) < 4.78 is 24.3. The summed E-state index contributed by atoms with van der Waals surface area (Å²) in [5.74, 6) is 0.753. The van der Waals surface area contributed by atoms with Crippen molar-refractivity contribution in [2.75, 3.05) is 26.2 Å². The Bertz CT molecular complexity index is 737. The number of rotatable bonds is 7. The number of aryl methyl sites for hydroxylation is 1. The first-order valence-corrected chi connectivity index (χ1v) is 9.35. The van der Waals surface area contributed by atoms with E-state index in [2.05, 4.69) is 29.0 Å². The largest absolute Gasteiger partial charge is 0.441 e. The molecule has 0 bridgehead atoms. The fraction of sp³-hybridized carbons (Fsp3) is 0.500. The Hall–Kier alpha value is -2.25. The van der Waals surface area contributed by atoms with Gasteiger partial charge >= 0.3 is 0 Å². The van der Waals surface area contributed by atoms with E-state index >= 15 is 0 Å². The maximum atomic E-state index is 13.0. The number of hydrogen-bond donors (Lipinski definition) is 1. The van der Waals surface area contributed by atoms with Crippen LogP contribution in [0, 0.1) is 5.82 Å². The molecule has 1 saturated heterocycles. The lowest BCUT2D eigenvalue weighted by atomic mass is 10.2. The summed E-state index contributed by atoms with van der Waals surface area (Å²) in [6.45, 7) is 7.35. The SMILES string of the molecule is CC1CN(CCNC(=O)CCc2ncc(-c3ccc(F)cc3)o2)CC(C)O1. The van der Waals surface area contributed by atoms with Gasteiger partial charge in [0.15, 0.2) is 11.7 Å². The van der Waals surface area contributed by atoms with Crippen molar-refractivity contribution in [1.82, 2.24) is 15.2 Å². The first-order chi connectivity index (χ1) is 13.0. The third kappa shape index (κ3) is 5.87. The topological polar surface area (TPSA) is 67.6 Å². The zero-order valence-corrected chi connectivity index (χ0v) is 15.8. The molecule has 6 nitrogen and oxygen atoms in total. The van der Waals surface area contributed by atoms with Crippen molar-refractivity contribution in [3.63, 3.8) is 0 Å². The summed E-state index contributed by atoms with van der Waals surface area (Å²) >= 11 is 0. The summed E-state index contributed by atoms with van der Waals surface area (Å²) in [5.41, 5.74) is 0.758. The van der Waals surface area contributed by atoms with Crippen molar-refractivity contribution < 1.29 is 18.3 Å². The summed E-state index contributed by atoms with van der Waals surface area (Å²) in [7, 11) is 0. The van der Waals surface area contributed by atoms with Crippen LogP contribution in [0.1, 0.15) is 26.2 Å². The number of morpholine rings is 1. The molecule has 2 atom stereocenters. The second kappa shape index (κ2) is 9.10. The molecule has 1 N–H and O–H groups in total. The predicted octanol–water partition coefficient (Wildman–Crippen LogP) is 2.64. The number of nitrogens with zero attached hydrogens (tertiary/aromatic N) is 2. The minimum Gasteiger partial charge on any atom is -0.441 e. The molecule has 1 aromatic carbocycles. The van der Waals surface area contributed by atoms with E-state index < -0.39 is 0 Å². The van der Waals surface area contributed by atoms with Gasteiger partial charge in [0.2, 0.25) is 5.91 Å². The van der Waals surface area contributed by atoms with Gasteiger partial charge in [0, 0.05) is 44.6 Å². The number of benzene rings is 1. The van der Waals surface area contributed by atoms with Crippen LogP contribution < -0.4 is 5.32 Å². The van der Waals surface area contributed by atoms with Gasteiger partial charge in [-0.1, -0.05) is 0 Å². The number of nitrogens with one attached hydrogen (secondary N) is 1. The minimum absolute atomic E-state index is 0.0223. The molecular weight excluding hydrogens is 349 g/mol. The number of aromatic nitrogens is 1. The zero-order chi connectivity index (χ0) is 19.2. The van der Waals surface area contributed by atoms with Crippen LogP contribution in [0.3, 0.4) is 0 Å². The van der Waals surface area contributed by atoms with Crippen molar-refractivity contribution in [3.05, 3.63) is 42.2 Å². The van der Waals surface area contributed by atoms with Gasteiger partial charge in [0.25, 0.3) is 0 Å². The number of ether oxygens (including phenoxy) is 1. The van der Waals surface area contributed by atoms with Gasteiger partial charge in [-0.25, -0.2) is 9.37 Å². The van der Waals surface area contributed by atoms with Crippen molar-refractivity contribution >= 4 is 5.91 Å². The van der Waals surface area contributed by atoms with Gasteiger partial charge in [-0.05, 0) is 38.1 Å². The summed E-state index contributed by atoms with van der Waals surface area (Å²) in [5, 5.41) is 2.94. The van der Waals surface area contributed by atoms with E-state index in [0.717, 1.165) is 25.2 Å². The lowest BCUT2D eigenvalue weighted by Crippen LogP contribution is -2.47. The van der Waals surface area contributed by atoms with E-state index in [9.17, 15) is 9.18 Å². The van der Waals surface area contributed by atoms with Crippen LogP contribution in [0.5, 0.6) is 0 Å². The molecule has 27 heavy (non-hydrogen) atoms. The van der Waals surface area contributed by atoms with Crippen LogP contribution in [-0.4, -0.2) is 54.2 Å². The quantitative estimate of drug-likeness (QED) is 0.806. The number of carbonyl (C=O) groups excluding carboxylic acids is 1. The Morgan fingerprint density at radius 3 is 2.67 bits per heavy atom. The Morgan fingerprint density at radius 2 is 1.96 bits per heavy atom. The maximum absolute atomic E-state index is 13.0.